The van der Waals surface area contributed by atoms with Gasteiger partial charge in [-0.05, 0) is 50.2 Å². The number of hydrogen-bond donors (Lipinski definition) is 0. The van der Waals surface area contributed by atoms with E-state index in [1.165, 1.54) is 44.8 Å². The van der Waals surface area contributed by atoms with Crippen molar-refractivity contribution in [1.82, 2.24) is 4.48 Å². The number of rotatable bonds is 8. The van der Waals surface area contributed by atoms with Crippen LogP contribution < -0.4 is 9.38 Å². The average molecular weight is 759 g/mol. The minimum absolute atomic E-state index is 0.0537. The van der Waals surface area contributed by atoms with E-state index in [9.17, 15) is 0 Å². The number of hydrogen-bond acceptors (Lipinski definition) is 1. The molecule has 0 saturated carbocycles. The second-order valence-corrected chi connectivity index (χ2v) is 20.8. The molecule has 47 heavy (non-hydrogen) atoms. The maximum Gasteiger partial charge on any atom is 0.0145 e. The van der Waals surface area contributed by atoms with E-state index in [2.05, 4.69) is 166 Å². The molecule has 4 aromatic rings. The van der Waals surface area contributed by atoms with Gasteiger partial charge in [-0.1, -0.05) is 88.2 Å². The van der Waals surface area contributed by atoms with E-state index in [0.717, 1.165) is 17.4 Å². The fourth-order valence-corrected chi connectivity index (χ4v) is 8.94. The Hall–Kier alpha value is -2.29. The Kier molecular flexibility index (Phi) is 12.4. The van der Waals surface area contributed by atoms with E-state index in [1.54, 1.807) is 0 Å². The van der Waals surface area contributed by atoms with Crippen LogP contribution in [0.4, 0.5) is 11.4 Å². The second-order valence-electron chi connectivity index (χ2n) is 15.1. The van der Waals surface area contributed by atoms with Gasteiger partial charge in [-0.25, -0.2) is 6.54 Å². The van der Waals surface area contributed by atoms with E-state index in [-0.39, 0.29) is 11.0 Å². The van der Waals surface area contributed by atoms with Gasteiger partial charge in [0, 0.05) is 11.2 Å². The van der Waals surface area contributed by atoms with Gasteiger partial charge in [0.2, 0.25) is 0 Å². The van der Waals surface area contributed by atoms with Crippen LogP contribution in [0.5, 0.6) is 0 Å². The summed E-state index contributed by atoms with van der Waals surface area (Å²) in [6.45, 7) is 22.1. The van der Waals surface area contributed by atoms with E-state index in [1.807, 2.05) is 16.7 Å². The monoisotopic (exact) mass is 758 g/mol. The zero-order valence-corrected chi connectivity index (χ0v) is 33.2. The predicted molar refractivity (Wildman–Crippen MR) is 206 cm³/mol. The van der Waals surface area contributed by atoms with Crippen LogP contribution in [-0.4, -0.2) is 24.2 Å². The van der Waals surface area contributed by atoms with Crippen molar-refractivity contribution in [2.75, 3.05) is 19.0 Å². The van der Waals surface area contributed by atoms with Crippen LogP contribution >= 0.6 is 19.4 Å². The maximum atomic E-state index is 6.02. The van der Waals surface area contributed by atoms with Crippen molar-refractivity contribution in [1.29, 1.82) is 0 Å². The average Bonchev–Trinajstić information content (AvgIpc) is 3.27. The van der Waals surface area contributed by atoms with Crippen LogP contribution in [0.3, 0.4) is 0 Å². The Bertz CT molecular complexity index is 1630. The van der Waals surface area contributed by atoms with Crippen molar-refractivity contribution in [3.8, 4) is 0 Å². The first-order chi connectivity index (χ1) is 22.0. The van der Waals surface area contributed by atoms with E-state index in [4.69, 9.17) is 19.4 Å². The first-order valence-corrected chi connectivity index (χ1v) is 22.2. The maximum absolute atomic E-state index is 6.02. The van der Waals surface area contributed by atoms with Crippen molar-refractivity contribution < 1.29 is 13.5 Å². The van der Waals surface area contributed by atoms with Gasteiger partial charge < -0.3 is 4.90 Å². The van der Waals surface area contributed by atoms with Gasteiger partial charge in [0.15, 0.2) is 0 Å². The molecule has 0 bridgehead atoms. The molecular formula is C42H54Cl2N2Ru. The summed E-state index contributed by atoms with van der Waals surface area (Å²) < 4.78 is 2.82. The van der Waals surface area contributed by atoms with Crippen LogP contribution in [0.2, 0.25) is 0 Å². The summed E-state index contributed by atoms with van der Waals surface area (Å²) in [5.74, 6) is 1.01. The zero-order chi connectivity index (χ0) is 34.6. The Balaban J connectivity index is 0.000000223. The molecule has 5 heteroatoms. The summed E-state index contributed by atoms with van der Waals surface area (Å²) in [4.78, 5) is 2.60. The molecule has 1 unspecified atom stereocenters. The Morgan fingerprint density at radius 2 is 1.32 bits per heavy atom. The van der Waals surface area contributed by atoms with Crippen LogP contribution in [0.25, 0.3) is 0 Å². The van der Waals surface area contributed by atoms with E-state index < -0.39 is 13.5 Å². The summed E-state index contributed by atoms with van der Waals surface area (Å²) >= 11 is -1.80. The topological polar surface area (TPSA) is 3.24 Å². The fourth-order valence-electron chi connectivity index (χ4n) is 7.06. The first kappa shape index (κ1) is 37.5. The third-order valence-electron chi connectivity index (χ3n) is 9.36. The molecule has 1 saturated heterocycles. The minimum atomic E-state index is -1.80. The van der Waals surface area contributed by atoms with Crippen molar-refractivity contribution in [3.05, 3.63) is 137 Å². The van der Waals surface area contributed by atoms with Crippen molar-refractivity contribution in [2.45, 2.75) is 91.1 Å². The minimum Gasteiger partial charge on any atom is -0.517 e. The normalized spacial score (nSPS) is 17.8. The third kappa shape index (κ3) is 9.24. The van der Waals surface area contributed by atoms with Crippen molar-refractivity contribution >= 4 is 35.4 Å². The van der Waals surface area contributed by atoms with Gasteiger partial charge in [-0.15, -0.1) is 5.41 Å². The number of para-hydroxylation sites is 1. The molecule has 1 aliphatic heterocycles. The smallest absolute Gasteiger partial charge is 0.0145 e. The number of quaternary nitrogens is 1. The molecule has 4 aromatic carbocycles. The van der Waals surface area contributed by atoms with Crippen LogP contribution in [0, 0.1) is 13.5 Å². The fraction of sp³-hybridized carbons (Fsp3) is 0.381. The number of anilines is 1. The van der Waals surface area contributed by atoms with Crippen LogP contribution in [0.15, 0.2) is 97.1 Å². The van der Waals surface area contributed by atoms with E-state index in [0.29, 0.717) is 11.8 Å². The summed E-state index contributed by atoms with van der Waals surface area (Å²) in [5, 5.41) is 0. The Morgan fingerprint density at radius 1 is 0.809 bits per heavy atom. The molecule has 1 fully saturated rings. The largest absolute Gasteiger partial charge is 0.517 e. The third-order valence-corrected chi connectivity index (χ3v) is 11.2. The van der Waals surface area contributed by atoms with Gasteiger partial charge in [0.05, 0.1) is 0 Å². The standard InChI is InChI=1S/C26H36N.C16H18N.2ClH.Ru/c1-18(2)22-14-20(5)15-23(19(3)4)24(22)27-17-26(8,16-25(27,6)7)21-12-10-9-11-13-21;1-14-9-7-8-10-15(14)13-17(2,3)16-11-5-4-6-12-16;;;/h9-15,17-19H,16H2,1-8H3;1,4-12H,13H2,2-3H3;2*1H;/q-1;+1;;;+2/p-2. The molecule has 0 aliphatic carbocycles. The van der Waals surface area contributed by atoms with Gasteiger partial charge >= 0.3 is 134 Å². The molecule has 5 rings (SSSR count). The molecule has 0 N–H and O–H groups in total. The summed E-state index contributed by atoms with van der Waals surface area (Å²) in [6.07, 6.45) is 1.12. The molecule has 0 radical (unpaired) electrons. The van der Waals surface area contributed by atoms with E-state index >= 15 is 0 Å². The molecule has 254 valence electrons. The molecule has 2 nitrogen and oxygen atoms in total. The molecule has 0 spiro atoms. The quantitative estimate of drug-likeness (QED) is 0.0983. The molecule has 1 atom stereocenters. The number of aryl methyl sites for hydroxylation is 1. The second kappa shape index (κ2) is 15.5. The molecule has 0 aromatic heterocycles. The SMILES string of the molecule is C[N+](C)(Cc1ccccc1[CH]=[Ru]([Cl])[Cl])c1ccccc1.Cc1cc(C(C)C)c(N2[CH-]C(C)(c3ccccc3)CC2(C)C)c(C(C)C)c1. The van der Waals surface area contributed by atoms with Crippen LogP contribution in [-0.2, 0) is 25.5 Å². The Morgan fingerprint density at radius 3 is 1.85 bits per heavy atom. The van der Waals surface area contributed by atoms with Crippen molar-refractivity contribution in [2.24, 2.45) is 0 Å². The molecule has 1 aliphatic rings. The summed E-state index contributed by atoms with van der Waals surface area (Å²) in [6, 6.07) is 34.6. The van der Waals surface area contributed by atoms with Gasteiger partial charge in [-0.3, -0.25) is 0 Å². The summed E-state index contributed by atoms with van der Waals surface area (Å²) in [7, 11) is 16.5. The van der Waals surface area contributed by atoms with Crippen LogP contribution in [0.1, 0.15) is 100 Å². The number of benzene rings is 4. The van der Waals surface area contributed by atoms with Crippen molar-refractivity contribution in [3.63, 3.8) is 0 Å². The summed E-state index contributed by atoms with van der Waals surface area (Å²) in [5.41, 5.74) is 11.0. The zero-order valence-electron chi connectivity index (χ0n) is 30.0. The first-order valence-electron chi connectivity index (χ1n) is 16.7. The molecule has 1 heterocycles. The molecular weight excluding hydrogens is 704 g/mol. The van der Waals surface area contributed by atoms with Gasteiger partial charge in [0.1, 0.15) is 0 Å². The van der Waals surface area contributed by atoms with Gasteiger partial charge in [-0.2, -0.15) is 0 Å². The van der Waals surface area contributed by atoms with Gasteiger partial charge in [0.25, 0.3) is 0 Å². The number of halogens is 2. The molecule has 0 amide bonds. The Labute approximate surface area is 298 Å². The predicted octanol–water partition coefficient (Wildman–Crippen LogP) is 11.9. The number of nitrogens with zero attached hydrogens (tertiary/aromatic N) is 2.